The summed E-state index contributed by atoms with van der Waals surface area (Å²) in [6, 6.07) is 10.3. The maximum absolute atomic E-state index is 12.1. The average Bonchev–Trinajstić information content (AvgIpc) is 2.49. The highest BCUT2D eigenvalue weighted by atomic mass is 16.5. The molecule has 110 valence electrons. The van der Waals surface area contributed by atoms with Crippen LogP contribution in [-0.4, -0.2) is 44.3 Å². The minimum Gasteiger partial charge on any atom is -0.384 e. The molecule has 1 aliphatic rings. The second-order valence-corrected chi connectivity index (χ2v) is 5.38. The second kappa shape index (κ2) is 7.90. The zero-order valence-corrected chi connectivity index (χ0v) is 12.2. The molecule has 4 heteroatoms. The Balaban J connectivity index is 1.71. The number of methoxy groups -OCH3 is 1. The molecule has 4 nitrogen and oxygen atoms in total. The number of urea groups is 1. The van der Waals surface area contributed by atoms with E-state index in [-0.39, 0.29) is 6.03 Å². The zero-order chi connectivity index (χ0) is 14.2. The molecule has 0 aromatic heterocycles. The van der Waals surface area contributed by atoms with Crippen LogP contribution in [0.15, 0.2) is 30.3 Å². The number of carbonyl (C=O) groups is 1. The standard InChI is InChI=1S/C16H24N2O2/c1-20-13-15-8-5-11-18(12-15)16(19)17-10-9-14-6-3-2-4-7-14/h2-4,6-7,15H,5,8-13H2,1H3,(H,17,19)/t15-/m0/s1. The molecule has 0 radical (unpaired) electrons. The Morgan fingerprint density at radius 3 is 2.95 bits per heavy atom. The molecule has 2 rings (SSSR count). The molecule has 0 unspecified atom stereocenters. The van der Waals surface area contributed by atoms with Gasteiger partial charge in [-0.25, -0.2) is 4.79 Å². The monoisotopic (exact) mass is 276 g/mol. The number of benzene rings is 1. The Hall–Kier alpha value is -1.55. The number of hydrogen-bond donors (Lipinski definition) is 1. The zero-order valence-electron chi connectivity index (χ0n) is 12.2. The molecule has 1 heterocycles. The van der Waals surface area contributed by atoms with Crippen molar-refractivity contribution < 1.29 is 9.53 Å². The van der Waals surface area contributed by atoms with E-state index in [4.69, 9.17) is 4.74 Å². The van der Waals surface area contributed by atoms with Gasteiger partial charge in [0.2, 0.25) is 0 Å². The summed E-state index contributed by atoms with van der Waals surface area (Å²) in [6.07, 6.45) is 3.10. The van der Waals surface area contributed by atoms with E-state index in [1.165, 1.54) is 5.56 Å². The van der Waals surface area contributed by atoms with E-state index in [2.05, 4.69) is 17.4 Å². The first-order valence-electron chi connectivity index (χ1n) is 7.35. The van der Waals surface area contributed by atoms with E-state index >= 15 is 0 Å². The Labute approximate surface area is 121 Å². The molecule has 0 saturated carbocycles. The van der Waals surface area contributed by atoms with Gasteiger partial charge in [-0.15, -0.1) is 0 Å². The highest BCUT2D eigenvalue weighted by Gasteiger charge is 2.23. The van der Waals surface area contributed by atoms with Crippen LogP contribution in [0.5, 0.6) is 0 Å². The van der Waals surface area contributed by atoms with E-state index in [0.29, 0.717) is 12.5 Å². The lowest BCUT2D eigenvalue weighted by Crippen LogP contribution is -2.46. The lowest BCUT2D eigenvalue weighted by Gasteiger charge is -2.32. The molecule has 1 saturated heterocycles. The molecule has 0 aliphatic carbocycles. The van der Waals surface area contributed by atoms with E-state index in [1.54, 1.807) is 7.11 Å². The van der Waals surface area contributed by atoms with Gasteiger partial charge in [0.15, 0.2) is 0 Å². The number of hydrogen-bond acceptors (Lipinski definition) is 2. The summed E-state index contributed by atoms with van der Waals surface area (Å²) in [5.41, 5.74) is 1.25. The maximum Gasteiger partial charge on any atom is 0.317 e. The molecule has 0 bridgehead atoms. The summed E-state index contributed by atoms with van der Waals surface area (Å²) in [5, 5.41) is 3.01. The summed E-state index contributed by atoms with van der Waals surface area (Å²) < 4.78 is 5.19. The van der Waals surface area contributed by atoms with Crippen LogP contribution in [0.1, 0.15) is 18.4 Å². The van der Waals surface area contributed by atoms with Crippen LogP contribution < -0.4 is 5.32 Å². The molecule has 0 spiro atoms. The molecule has 1 fully saturated rings. The van der Waals surface area contributed by atoms with Gasteiger partial charge in [0.05, 0.1) is 6.61 Å². The van der Waals surface area contributed by atoms with Gasteiger partial charge in [0.25, 0.3) is 0 Å². The van der Waals surface area contributed by atoms with Crippen molar-refractivity contribution in [1.82, 2.24) is 10.2 Å². The first-order valence-corrected chi connectivity index (χ1v) is 7.35. The predicted octanol–water partition coefficient (Wildman–Crippen LogP) is 2.30. The van der Waals surface area contributed by atoms with Crippen molar-refractivity contribution in [3.63, 3.8) is 0 Å². The largest absolute Gasteiger partial charge is 0.384 e. The first kappa shape index (κ1) is 14.9. The first-order chi connectivity index (χ1) is 9.79. The number of rotatable bonds is 5. The fourth-order valence-corrected chi connectivity index (χ4v) is 2.69. The van der Waals surface area contributed by atoms with Crippen molar-refractivity contribution in [2.24, 2.45) is 5.92 Å². The third-order valence-corrected chi connectivity index (χ3v) is 3.74. The summed E-state index contributed by atoms with van der Waals surface area (Å²) in [5.74, 6) is 0.480. The number of nitrogens with one attached hydrogen (secondary N) is 1. The number of amides is 2. The maximum atomic E-state index is 12.1. The summed E-state index contributed by atoms with van der Waals surface area (Å²) in [7, 11) is 1.72. The van der Waals surface area contributed by atoms with E-state index < -0.39 is 0 Å². The van der Waals surface area contributed by atoms with Crippen molar-refractivity contribution in [3.05, 3.63) is 35.9 Å². The SMILES string of the molecule is COC[C@H]1CCCN(C(=O)NCCc2ccccc2)C1. The van der Waals surface area contributed by atoms with Crippen molar-refractivity contribution in [1.29, 1.82) is 0 Å². The minimum absolute atomic E-state index is 0.0572. The molecule has 2 amide bonds. The van der Waals surface area contributed by atoms with E-state index in [1.807, 2.05) is 23.1 Å². The Kier molecular flexibility index (Phi) is 5.87. The topological polar surface area (TPSA) is 41.6 Å². The molecule has 1 atom stereocenters. The predicted molar refractivity (Wildman–Crippen MR) is 79.7 cm³/mol. The quantitative estimate of drug-likeness (QED) is 0.896. The summed E-state index contributed by atoms with van der Waals surface area (Å²) >= 11 is 0. The van der Waals surface area contributed by atoms with Crippen molar-refractivity contribution >= 4 is 6.03 Å². The molecule has 1 N–H and O–H groups in total. The van der Waals surface area contributed by atoms with Crippen LogP contribution >= 0.6 is 0 Å². The van der Waals surface area contributed by atoms with Crippen LogP contribution in [-0.2, 0) is 11.2 Å². The Morgan fingerprint density at radius 1 is 1.40 bits per heavy atom. The Bertz CT molecular complexity index is 406. The number of piperidine rings is 1. The summed E-state index contributed by atoms with van der Waals surface area (Å²) in [6.45, 7) is 3.10. The van der Waals surface area contributed by atoms with Gasteiger partial charge in [-0.1, -0.05) is 30.3 Å². The van der Waals surface area contributed by atoms with Crippen LogP contribution in [0.3, 0.4) is 0 Å². The normalized spacial score (nSPS) is 18.9. The Morgan fingerprint density at radius 2 is 2.20 bits per heavy atom. The van der Waals surface area contributed by atoms with Gasteiger partial charge < -0.3 is 15.0 Å². The fourth-order valence-electron chi connectivity index (χ4n) is 2.69. The lowest BCUT2D eigenvalue weighted by atomic mass is 9.99. The number of likely N-dealkylation sites (tertiary alicyclic amines) is 1. The van der Waals surface area contributed by atoms with Gasteiger partial charge >= 0.3 is 6.03 Å². The van der Waals surface area contributed by atoms with Crippen LogP contribution in [0, 0.1) is 5.92 Å². The highest BCUT2D eigenvalue weighted by Crippen LogP contribution is 2.16. The van der Waals surface area contributed by atoms with Gasteiger partial charge in [0.1, 0.15) is 0 Å². The number of ether oxygens (including phenoxy) is 1. The molecular weight excluding hydrogens is 252 g/mol. The van der Waals surface area contributed by atoms with Gasteiger partial charge in [-0.2, -0.15) is 0 Å². The highest BCUT2D eigenvalue weighted by molar-refractivity contribution is 5.74. The third-order valence-electron chi connectivity index (χ3n) is 3.74. The summed E-state index contributed by atoms with van der Waals surface area (Å²) in [4.78, 5) is 14.0. The second-order valence-electron chi connectivity index (χ2n) is 5.38. The van der Waals surface area contributed by atoms with Crippen molar-refractivity contribution in [2.75, 3.05) is 33.4 Å². The van der Waals surface area contributed by atoms with Gasteiger partial charge in [-0.05, 0) is 24.8 Å². The number of carbonyl (C=O) groups excluding carboxylic acids is 1. The minimum atomic E-state index is 0.0572. The molecule has 1 aliphatic heterocycles. The van der Waals surface area contributed by atoms with Crippen molar-refractivity contribution in [3.8, 4) is 0 Å². The van der Waals surface area contributed by atoms with E-state index in [0.717, 1.165) is 39.0 Å². The van der Waals surface area contributed by atoms with Crippen LogP contribution in [0.2, 0.25) is 0 Å². The van der Waals surface area contributed by atoms with E-state index in [9.17, 15) is 4.79 Å². The number of nitrogens with zero attached hydrogens (tertiary/aromatic N) is 1. The molecule has 20 heavy (non-hydrogen) atoms. The van der Waals surface area contributed by atoms with Gasteiger partial charge in [-0.3, -0.25) is 0 Å². The van der Waals surface area contributed by atoms with Crippen LogP contribution in [0.4, 0.5) is 4.79 Å². The van der Waals surface area contributed by atoms with Crippen LogP contribution in [0.25, 0.3) is 0 Å². The molecule has 1 aromatic carbocycles. The molecule has 1 aromatic rings. The molecular formula is C16H24N2O2. The fraction of sp³-hybridized carbons (Fsp3) is 0.562. The smallest absolute Gasteiger partial charge is 0.317 e. The average molecular weight is 276 g/mol. The van der Waals surface area contributed by atoms with Crippen molar-refractivity contribution in [2.45, 2.75) is 19.3 Å². The third kappa shape index (κ3) is 4.53. The van der Waals surface area contributed by atoms with Gasteiger partial charge in [0, 0.05) is 32.7 Å². The lowest BCUT2D eigenvalue weighted by molar-refractivity contribution is 0.100.